The first-order valence-electron chi connectivity index (χ1n) is 6.13. The van der Waals surface area contributed by atoms with Gasteiger partial charge >= 0.3 is 5.97 Å². The molecule has 0 amide bonds. The van der Waals surface area contributed by atoms with Crippen LogP contribution in [0.3, 0.4) is 0 Å². The largest absolute Gasteiger partial charge is 0.508 e. The Bertz CT molecular complexity index is 628. The molecule has 0 saturated heterocycles. The summed E-state index contributed by atoms with van der Waals surface area (Å²) >= 11 is 6.02. The number of carbonyl (C=O) groups excluding carboxylic acids is 1. The van der Waals surface area contributed by atoms with Crippen LogP contribution in [-0.2, 0) is 4.74 Å². The number of carbonyl (C=O) groups is 1. The second-order valence-corrected chi connectivity index (χ2v) is 4.50. The van der Waals surface area contributed by atoms with Crippen molar-refractivity contribution >= 4 is 28.9 Å². The van der Waals surface area contributed by atoms with E-state index in [2.05, 4.69) is 5.32 Å². The van der Waals surface area contributed by atoms with E-state index >= 15 is 0 Å². The number of benzene rings is 2. The predicted molar refractivity (Wildman–Crippen MR) is 78.8 cm³/mol. The maximum atomic E-state index is 11.7. The van der Waals surface area contributed by atoms with Gasteiger partial charge in [-0.15, -0.1) is 0 Å². The number of phenolic OH excluding ortho intramolecular Hbond substituents is 1. The molecule has 104 valence electrons. The fourth-order valence-electron chi connectivity index (χ4n) is 1.70. The Balaban J connectivity index is 2.21. The van der Waals surface area contributed by atoms with Gasteiger partial charge in [0.25, 0.3) is 0 Å². The first-order chi connectivity index (χ1) is 9.60. The molecule has 2 N–H and O–H groups in total. The molecule has 2 rings (SSSR count). The fraction of sp³-hybridized carbons (Fsp3) is 0.133. The summed E-state index contributed by atoms with van der Waals surface area (Å²) in [5.74, 6) is -0.270. The maximum absolute atomic E-state index is 11.7. The average Bonchev–Trinajstić information content (AvgIpc) is 2.43. The Labute approximate surface area is 122 Å². The van der Waals surface area contributed by atoms with Crippen molar-refractivity contribution in [3.8, 4) is 5.75 Å². The molecule has 0 bridgehead atoms. The minimum Gasteiger partial charge on any atom is -0.508 e. The second kappa shape index (κ2) is 6.30. The molecule has 0 fully saturated rings. The van der Waals surface area contributed by atoms with Gasteiger partial charge in [-0.2, -0.15) is 0 Å². The van der Waals surface area contributed by atoms with E-state index < -0.39 is 0 Å². The number of aromatic hydroxyl groups is 1. The Hall–Kier alpha value is -2.20. The molecule has 0 heterocycles. The van der Waals surface area contributed by atoms with Crippen molar-refractivity contribution in [2.45, 2.75) is 6.92 Å². The standard InChI is InChI=1S/C15H14ClNO3/c1-2-20-15(19)10-4-3-5-11(8-10)17-14-7-6-12(18)9-13(14)16/h3-9,17-18H,2H2,1H3. The number of halogens is 1. The summed E-state index contributed by atoms with van der Waals surface area (Å²) in [6, 6.07) is 11.6. The van der Waals surface area contributed by atoms with Crippen LogP contribution in [0.15, 0.2) is 42.5 Å². The highest BCUT2D eigenvalue weighted by Crippen LogP contribution is 2.29. The van der Waals surface area contributed by atoms with Crippen LogP contribution in [0.1, 0.15) is 17.3 Å². The van der Waals surface area contributed by atoms with E-state index in [1.807, 2.05) is 6.07 Å². The lowest BCUT2D eigenvalue weighted by Gasteiger charge is -2.10. The lowest BCUT2D eigenvalue weighted by Crippen LogP contribution is -2.04. The van der Waals surface area contributed by atoms with Crippen LogP contribution in [0, 0.1) is 0 Å². The minimum atomic E-state index is -0.368. The Morgan fingerprint density at radius 1 is 1.30 bits per heavy atom. The van der Waals surface area contributed by atoms with Gasteiger partial charge in [0.2, 0.25) is 0 Å². The summed E-state index contributed by atoms with van der Waals surface area (Å²) in [4.78, 5) is 11.7. The van der Waals surface area contributed by atoms with Crippen molar-refractivity contribution in [3.05, 3.63) is 53.1 Å². The van der Waals surface area contributed by atoms with Crippen molar-refractivity contribution in [1.82, 2.24) is 0 Å². The lowest BCUT2D eigenvalue weighted by molar-refractivity contribution is 0.0526. The zero-order valence-corrected chi connectivity index (χ0v) is 11.6. The van der Waals surface area contributed by atoms with Crippen molar-refractivity contribution in [2.24, 2.45) is 0 Å². The number of anilines is 2. The van der Waals surface area contributed by atoms with Crippen LogP contribution < -0.4 is 5.32 Å². The molecular weight excluding hydrogens is 278 g/mol. The van der Waals surface area contributed by atoms with Crippen molar-refractivity contribution in [2.75, 3.05) is 11.9 Å². The number of phenols is 1. The molecule has 0 aliphatic carbocycles. The summed E-state index contributed by atoms with van der Waals surface area (Å²) in [6.45, 7) is 2.09. The molecule has 0 atom stereocenters. The van der Waals surface area contributed by atoms with Crippen LogP contribution in [-0.4, -0.2) is 17.7 Å². The molecular formula is C15H14ClNO3. The first-order valence-corrected chi connectivity index (χ1v) is 6.50. The van der Waals surface area contributed by atoms with Crippen molar-refractivity contribution < 1.29 is 14.6 Å². The van der Waals surface area contributed by atoms with Gasteiger partial charge in [-0.1, -0.05) is 17.7 Å². The molecule has 0 spiro atoms. The molecule has 5 heteroatoms. The Morgan fingerprint density at radius 2 is 2.10 bits per heavy atom. The molecule has 2 aromatic rings. The molecule has 2 aromatic carbocycles. The molecule has 4 nitrogen and oxygen atoms in total. The monoisotopic (exact) mass is 291 g/mol. The predicted octanol–water partition coefficient (Wildman–Crippen LogP) is 3.97. The molecule has 0 aliphatic heterocycles. The molecule has 0 unspecified atom stereocenters. The van der Waals surface area contributed by atoms with Gasteiger partial charge in [0.1, 0.15) is 5.75 Å². The summed E-state index contributed by atoms with van der Waals surface area (Å²) in [5.41, 5.74) is 1.82. The number of rotatable bonds is 4. The number of ether oxygens (including phenoxy) is 1. The highest BCUT2D eigenvalue weighted by molar-refractivity contribution is 6.33. The van der Waals surface area contributed by atoms with E-state index in [1.165, 1.54) is 12.1 Å². The zero-order valence-electron chi connectivity index (χ0n) is 10.9. The molecule has 0 aliphatic rings. The highest BCUT2D eigenvalue weighted by atomic mass is 35.5. The van der Waals surface area contributed by atoms with Crippen LogP contribution in [0.5, 0.6) is 5.75 Å². The minimum absolute atomic E-state index is 0.0980. The summed E-state index contributed by atoms with van der Waals surface area (Å²) in [7, 11) is 0. The van der Waals surface area contributed by atoms with Gasteiger partial charge in [0.15, 0.2) is 0 Å². The van der Waals surface area contributed by atoms with Gasteiger partial charge in [-0.25, -0.2) is 4.79 Å². The zero-order chi connectivity index (χ0) is 14.5. The Morgan fingerprint density at radius 3 is 2.80 bits per heavy atom. The van der Waals surface area contributed by atoms with Gasteiger partial charge in [-0.3, -0.25) is 0 Å². The van der Waals surface area contributed by atoms with Gasteiger partial charge in [-0.05, 0) is 37.3 Å². The van der Waals surface area contributed by atoms with Crippen LogP contribution in [0.2, 0.25) is 5.02 Å². The van der Waals surface area contributed by atoms with E-state index in [0.717, 1.165) is 0 Å². The third kappa shape index (κ3) is 3.42. The summed E-state index contributed by atoms with van der Waals surface area (Å²) < 4.78 is 4.95. The highest BCUT2D eigenvalue weighted by Gasteiger charge is 2.08. The van der Waals surface area contributed by atoms with Crippen LogP contribution >= 0.6 is 11.6 Å². The number of hydrogen-bond acceptors (Lipinski definition) is 4. The van der Waals surface area contributed by atoms with E-state index in [-0.39, 0.29) is 11.7 Å². The van der Waals surface area contributed by atoms with Gasteiger partial charge in [0, 0.05) is 11.8 Å². The van der Waals surface area contributed by atoms with E-state index in [4.69, 9.17) is 16.3 Å². The van der Waals surface area contributed by atoms with Crippen LogP contribution in [0.4, 0.5) is 11.4 Å². The first kappa shape index (κ1) is 14.2. The lowest BCUT2D eigenvalue weighted by atomic mass is 10.2. The summed E-state index contributed by atoms with van der Waals surface area (Å²) in [6.07, 6.45) is 0. The second-order valence-electron chi connectivity index (χ2n) is 4.09. The molecule has 0 radical (unpaired) electrons. The normalized spacial score (nSPS) is 10.1. The number of nitrogens with one attached hydrogen (secondary N) is 1. The molecule has 0 aromatic heterocycles. The van der Waals surface area contributed by atoms with E-state index in [1.54, 1.807) is 31.2 Å². The topological polar surface area (TPSA) is 58.6 Å². The quantitative estimate of drug-likeness (QED) is 0.661. The maximum Gasteiger partial charge on any atom is 0.338 e. The van der Waals surface area contributed by atoms with E-state index in [9.17, 15) is 9.90 Å². The summed E-state index contributed by atoms with van der Waals surface area (Å²) in [5, 5.41) is 12.8. The van der Waals surface area contributed by atoms with Gasteiger partial charge in [0.05, 0.1) is 22.9 Å². The smallest absolute Gasteiger partial charge is 0.338 e. The van der Waals surface area contributed by atoms with Gasteiger partial charge < -0.3 is 15.2 Å². The number of esters is 1. The van der Waals surface area contributed by atoms with Crippen LogP contribution in [0.25, 0.3) is 0 Å². The van der Waals surface area contributed by atoms with Crippen molar-refractivity contribution in [3.63, 3.8) is 0 Å². The third-order valence-corrected chi connectivity index (χ3v) is 2.92. The average molecular weight is 292 g/mol. The van der Waals surface area contributed by atoms with E-state index in [0.29, 0.717) is 28.6 Å². The fourth-order valence-corrected chi connectivity index (χ4v) is 1.92. The SMILES string of the molecule is CCOC(=O)c1cccc(Nc2ccc(O)cc2Cl)c1. The molecule has 0 saturated carbocycles. The third-order valence-electron chi connectivity index (χ3n) is 2.61. The number of hydrogen-bond donors (Lipinski definition) is 2. The Kier molecular flexibility index (Phi) is 4.48. The molecule has 20 heavy (non-hydrogen) atoms. The van der Waals surface area contributed by atoms with Crippen molar-refractivity contribution in [1.29, 1.82) is 0 Å².